The van der Waals surface area contributed by atoms with Crippen LogP contribution in [0.25, 0.3) is 0 Å². The molecule has 1 aromatic rings. The van der Waals surface area contributed by atoms with E-state index >= 15 is 0 Å². The van der Waals surface area contributed by atoms with Crippen molar-refractivity contribution >= 4 is 11.8 Å². The summed E-state index contributed by atoms with van der Waals surface area (Å²) in [5, 5.41) is 0. The summed E-state index contributed by atoms with van der Waals surface area (Å²) in [4.78, 5) is 1.29. The first kappa shape index (κ1) is 11.4. The average molecular weight is 211 g/mol. The predicted molar refractivity (Wildman–Crippen MR) is 62.2 cm³/mol. The van der Waals surface area contributed by atoms with E-state index in [2.05, 4.69) is 12.3 Å². The van der Waals surface area contributed by atoms with Crippen LogP contribution in [0.1, 0.15) is 12.0 Å². The number of nitrogens with two attached hydrogens (primary N) is 1. The van der Waals surface area contributed by atoms with Crippen molar-refractivity contribution in [1.82, 2.24) is 0 Å². The second-order valence-corrected chi connectivity index (χ2v) is 3.88. The van der Waals surface area contributed by atoms with Gasteiger partial charge in [-0.1, -0.05) is 6.07 Å². The molecule has 2 nitrogen and oxygen atoms in total. The quantitative estimate of drug-likeness (QED) is 0.759. The summed E-state index contributed by atoms with van der Waals surface area (Å²) < 4.78 is 5.33. The van der Waals surface area contributed by atoms with Crippen LogP contribution in [0.15, 0.2) is 23.1 Å². The van der Waals surface area contributed by atoms with E-state index in [0.717, 1.165) is 25.1 Å². The van der Waals surface area contributed by atoms with Crippen LogP contribution in [0.4, 0.5) is 0 Å². The van der Waals surface area contributed by atoms with Gasteiger partial charge in [0.1, 0.15) is 5.75 Å². The molecule has 78 valence electrons. The topological polar surface area (TPSA) is 35.2 Å². The Morgan fingerprint density at radius 2 is 2.21 bits per heavy atom. The minimum atomic E-state index is 0.728. The van der Waals surface area contributed by atoms with Gasteiger partial charge in [-0.05, 0) is 37.8 Å². The van der Waals surface area contributed by atoms with Gasteiger partial charge in [0.2, 0.25) is 0 Å². The van der Waals surface area contributed by atoms with E-state index in [0.29, 0.717) is 0 Å². The number of hydrogen-bond acceptors (Lipinski definition) is 3. The molecule has 14 heavy (non-hydrogen) atoms. The first-order valence-electron chi connectivity index (χ1n) is 4.73. The van der Waals surface area contributed by atoms with Crippen molar-refractivity contribution in [3.05, 3.63) is 23.8 Å². The zero-order valence-corrected chi connectivity index (χ0v) is 9.56. The fourth-order valence-electron chi connectivity index (χ4n) is 1.45. The van der Waals surface area contributed by atoms with Crippen LogP contribution in [0, 0.1) is 0 Å². The molecule has 0 aliphatic heterocycles. The lowest BCUT2D eigenvalue weighted by molar-refractivity contribution is 0.407. The van der Waals surface area contributed by atoms with E-state index in [1.54, 1.807) is 18.9 Å². The normalized spacial score (nSPS) is 10.2. The molecule has 1 aromatic carbocycles. The smallest absolute Gasteiger partial charge is 0.123 e. The molecule has 0 saturated heterocycles. The second-order valence-electron chi connectivity index (χ2n) is 3.03. The Morgan fingerprint density at radius 1 is 1.43 bits per heavy atom. The van der Waals surface area contributed by atoms with Crippen molar-refractivity contribution in [2.24, 2.45) is 5.73 Å². The minimum absolute atomic E-state index is 0.728. The molecule has 0 aliphatic rings. The fraction of sp³-hybridized carbons (Fsp3) is 0.455. The molecule has 0 aliphatic carbocycles. The van der Waals surface area contributed by atoms with Crippen molar-refractivity contribution in [2.75, 3.05) is 19.9 Å². The highest BCUT2D eigenvalue weighted by Crippen LogP contribution is 2.29. The van der Waals surface area contributed by atoms with Gasteiger partial charge in [-0.2, -0.15) is 0 Å². The zero-order valence-electron chi connectivity index (χ0n) is 8.75. The van der Waals surface area contributed by atoms with Crippen LogP contribution in [-0.4, -0.2) is 19.9 Å². The van der Waals surface area contributed by atoms with Crippen LogP contribution in [0.2, 0.25) is 0 Å². The van der Waals surface area contributed by atoms with Crippen LogP contribution in [-0.2, 0) is 6.42 Å². The highest BCUT2D eigenvalue weighted by Gasteiger charge is 2.07. The van der Waals surface area contributed by atoms with E-state index < -0.39 is 0 Å². The third-order valence-electron chi connectivity index (χ3n) is 2.16. The van der Waals surface area contributed by atoms with Crippen molar-refractivity contribution in [3.63, 3.8) is 0 Å². The number of ether oxygens (including phenoxy) is 1. The molecular formula is C11H17NOS. The van der Waals surface area contributed by atoms with E-state index in [4.69, 9.17) is 10.5 Å². The lowest BCUT2D eigenvalue weighted by Gasteiger charge is -2.11. The lowest BCUT2D eigenvalue weighted by atomic mass is 10.1. The minimum Gasteiger partial charge on any atom is -0.496 e. The van der Waals surface area contributed by atoms with Gasteiger partial charge in [0.25, 0.3) is 0 Å². The Balaban J connectivity index is 2.93. The third kappa shape index (κ3) is 2.66. The molecule has 0 fully saturated rings. The molecule has 0 unspecified atom stereocenters. The Kier molecular flexibility index (Phi) is 4.84. The number of rotatable bonds is 5. The van der Waals surface area contributed by atoms with Crippen molar-refractivity contribution in [1.29, 1.82) is 0 Å². The van der Waals surface area contributed by atoms with Gasteiger partial charge in [-0.15, -0.1) is 11.8 Å². The van der Waals surface area contributed by atoms with Gasteiger partial charge in [0.05, 0.1) is 7.11 Å². The van der Waals surface area contributed by atoms with Gasteiger partial charge in [0, 0.05) is 10.5 Å². The molecule has 0 amide bonds. The first-order chi connectivity index (χ1) is 6.83. The number of hydrogen-bond donors (Lipinski definition) is 1. The van der Waals surface area contributed by atoms with E-state index in [9.17, 15) is 0 Å². The zero-order chi connectivity index (χ0) is 10.4. The summed E-state index contributed by atoms with van der Waals surface area (Å²) in [5.41, 5.74) is 6.80. The summed E-state index contributed by atoms with van der Waals surface area (Å²) in [5.74, 6) is 0.977. The Labute approximate surface area is 89.8 Å². The molecule has 0 atom stereocenters. The Bertz CT molecular complexity index is 266. The maximum Gasteiger partial charge on any atom is 0.123 e. The summed E-state index contributed by atoms with van der Waals surface area (Å²) in [6.45, 7) is 0.728. The standard InChI is InChI=1S/C11H17NOS/c1-13-10-6-3-7-11(14-2)9(10)5-4-8-12/h3,6-7H,4-5,8,12H2,1-2H3. The van der Waals surface area contributed by atoms with E-state index in [1.165, 1.54) is 10.5 Å². The van der Waals surface area contributed by atoms with Gasteiger partial charge in [-0.25, -0.2) is 0 Å². The molecule has 0 spiro atoms. The third-order valence-corrected chi connectivity index (χ3v) is 2.98. The van der Waals surface area contributed by atoms with Crippen LogP contribution < -0.4 is 10.5 Å². The largest absolute Gasteiger partial charge is 0.496 e. The Hall–Kier alpha value is -0.670. The van der Waals surface area contributed by atoms with Crippen LogP contribution in [0.3, 0.4) is 0 Å². The maximum atomic E-state index is 5.51. The summed E-state index contributed by atoms with van der Waals surface area (Å²) in [7, 11) is 1.71. The van der Waals surface area contributed by atoms with Crippen molar-refractivity contribution in [3.8, 4) is 5.75 Å². The molecular weight excluding hydrogens is 194 g/mol. The SMILES string of the molecule is COc1cccc(SC)c1CCCN. The first-order valence-corrected chi connectivity index (χ1v) is 5.96. The molecule has 0 saturated carbocycles. The molecule has 0 bridgehead atoms. The predicted octanol–water partition coefficient (Wildman–Crippen LogP) is 2.31. The number of benzene rings is 1. The molecule has 2 N–H and O–H groups in total. The molecule has 3 heteroatoms. The fourth-order valence-corrected chi connectivity index (χ4v) is 2.12. The van der Waals surface area contributed by atoms with Gasteiger partial charge >= 0.3 is 0 Å². The van der Waals surface area contributed by atoms with E-state index in [1.807, 2.05) is 12.1 Å². The van der Waals surface area contributed by atoms with Crippen LogP contribution in [0.5, 0.6) is 5.75 Å². The average Bonchev–Trinajstić information content (AvgIpc) is 2.25. The second kappa shape index (κ2) is 5.94. The van der Waals surface area contributed by atoms with Crippen molar-refractivity contribution in [2.45, 2.75) is 17.7 Å². The molecule has 1 rings (SSSR count). The summed E-state index contributed by atoms with van der Waals surface area (Å²) >= 11 is 1.75. The number of methoxy groups -OCH3 is 1. The van der Waals surface area contributed by atoms with Gasteiger partial charge in [-0.3, -0.25) is 0 Å². The van der Waals surface area contributed by atoms with Crippen LogP contribution >= 0.6 is 11.8 Å². The lowest BCUT2D eigenvalue weighted by Crippen LogP contribution is -2.02. The monoisotopic (exact) mass is 211 g/mol. The van der Waals surface area contributed by atoms with E-state index in [-0.39, 0.29) is 0 Å². The van der Waals surface area contributed by atoms with Crippen molar-refractivity contribution < 1.29 is 4.74 Å². The molecule has 0 aromatic heterocycles. The highest BCUT2D eigenvalue weighted by atomic mass is 32.2. The maximum absolute atomic E-state index is 5.51. The van der Waals surface area contributed by atoms with Gasteiger partial charge < -0.3 is 10.5 Å². The molecule has 0 radical (unpaired) electrons. The van der Waals surface area contributed by atoms with Gasteiger partial charge in [0.15, 0.2) is 0 Å². The molecule has 0 heterocycles. The number of thioether (sulfide) groups is 1. The highest BCUT2D eigenvalue weighted by molar-refractivity contribution is 7.98. The Morgan fingerprint density at radius 3 is 2.79 bits per heavy atom. The summed E-state index contributed by atoms with van der Waals surface area (Å²) in [6.07, 6.45) is 4.09. The summed E-state index contributed by atoms with van der Waals surface area (Å²) in [6, 6.07) is 6.15.